The number of hydrogen-bond donors (Lipinski definition) is 2. The van der Waals surface area contributed by atoms with Crippen LogP contribution in [0, 0.1) is 0 Å². The van der Waals surface area contributed by atoms with E-state index < -0.39 is 34.5 Å². The summed E-state index contributed by atoms with van der Waals surface area (Å²) in [5, 5.41) is 10.0. The Kier molecular flexibility index (Phi) is 4.66. The minimum atomic E-state index is -3.93. The zero-order valence-corrected chi connectivity index (χ0v) is 12.0. The standard InChI is InChI=1S/C10H14N2O5S2/c1-6(2)12(4-9(11)13)19(16,17)7-3-8(10(14)15)18-5-7/h3,5-6H,4H2,1-2H3,(H2,11,13)(H,14,15). The molecule has 0 aromatic carbocycles. The quantitative estimate of drug-likeness (QED) is 0.785. The fourth-order valence-corrected chi connectivity index (χ4v) is 4.10. The van der Waals surface area contributed by atoms with Gasteiger partial charge < -0.3 is 10.8 Å². The second kappa shape index (κ2) is 5.68. The number of carbonyl (C=O) groups is 2. The summed E-state index contributed by atoms with van der Waals surface area (Å²) in [5.41, 5.74) is 5.02. The summed E-state index contributed by atoms with van der Waals surface area (Å²) < 4.78 is 25.5. The third-order valence-corrected chi connectivity index (χ3v) is 5.35. The second-order valence-electron chi connectivity index (χ2n) is 4.06. The third kappa shape index (κ3) is 3.52. The molecule has 9 heteroatoms. The average molecular weight is 306 g/mol. The summed E-state index contributed by atoms with van der Waals surface area (Å²) >= 11 is 0.811. The van der Waals surface area contributed by atoms with Crippen molar-refractivity contribution in [1.29, 1.82) is 0 Å². The lowest BCUT2D eigenvalue weighted by molar-refractivity contribution is -0.118. The molecule has 1 amide bonds. The van der Waals surface area contributed by atoms with Crippen LogP contribution in [0.3, 0.4) is 0 Å². The number of primary amides is 1. The number of carbonyl (C=O) groups excluding carboxylic acids is 1. The van der Waals surface area contributed by atoms with Gasteiger partial charge in [-0.25, -0.2) is 13.2 Å². The molecule has 0 saturated heterocycles. The van der Waals surface area contributed by atoms with Crippen LogP contribution < -0.4 is 5.73 Å². The van der Waals surface area contributed by atoms with Crippen LogP contribution in [0.5, 0.6) is 0 Å². The smallest absolute Gasteiger partial charge is 0.345 e. The maximum atomic E-state index is 12.3. The Hall–Kier alpha value is -1.45. The molecule has 0 atom stereocenters. The Bertz CT molecular complexity index is 591. The first-order chi connectivity index (χ1) is 8.66. The van der Waals surface area contributed by atoms with Crippen LogP contribution in [0.2, 0.25) is 0 Å². The molecule has 0 bridgehead atoms. The van der Waals surface area contributed by atoms with E-state index in [9.17, 15) is 18.0 Å². The van der Waals surface area contributed by atoms with Gasteiger partial charge in [0.15, 0.2) is 0 Å². The van der Waals surface area contributed by atoms with Gasteiger partial charge in [-0.1, -0.05) is 0 Å². The van der Waals surface area contributed by atoms with Crippen molar-refractivity contribution < 1.29 is 23.1 Å². The fourth-order valence-electron chi connectivity index (χ4n) is 1.40. The molecule has 0 radical (unpaired) electrons. The number of sulfonamides is 1. The minimum Gasteiger partial charge on any atom is -0.477 e. The molecule has 1 aromatic rings. The molecular weight excluding hydrogens is 292 g/mol. The van der Waals surface area contributed by atoms with Crippen molar-refractivity contribution in [3.05, 3.63) is 16.3 Å². The molecule has 106 valence electrons. The number of rotatable bonds is 6. The Morgan fingerprint density at radius 2 is 2.05 bits per heavy atom. The molecule has 1 aromatic heterocycles. The van der Waals surface area contributed by atoms with Gasteiger partial charge in [-0.05, 0) is 19.9 Å². The lowest BCUT2D eigenvalue weighted by Gasteiger charge is -2.23. The third-order valence-electron chi connectivity index (χ3n) is 2.28. The van der Waals surface area contributed by atoms with E-state index in [-0.39, 0.29) is 9.77 Å². The van der Waals surface area contributed by atoms with Crippen LogP contribution in [0.1, 0.15) is 23.5 Å². The van der Waals surface area contributed by atoms with E-state index >= 15 is 0 Å². The number of carboxylic acid groups (broad SMARTS) is 1. The van der Waals surface area contributed by atoms with Crippen LogP contribution in [-0.2, 0) is 14.8 Å². The van der Waals surface area contributed by atoms with Crippen molar-refractivity contribution >= 4 is 33.2 Å². The number of hydrogen-bond acceptors (Lipinski definition) is 5. The fraction of sp³-hybridized carbons (Fsp3) is 0.400. The summed E-state index contributed by atoms with van der Waals surface area (Å²) in [4.78, 5) is 21.5. The van der Waals surface area contributed by atoms with Crippen molar-refractivity contribution in [3.8, 4) is 0 Å². The van der Waals surface area contributed by atoms with Crippen LogP contribution in [0.15, 0.2) is 16.3 Å². The van der Waals surface area contributed by atoms with E-state index in [0.29, 0.717) is 0 Å². The first-order valence-electron chi connectivity index (χ1n) is 5.28. The molecule has 0 aliphatic heterocycles. The van der Waals surface area contributed by atoms with Crippen LogP contribution in [0.4, 0.5) is 0 Å². The van der Waals surface area contributed by atoms with Crippen LogP contribution >= 0.6 is 11.3 Å². The van der Waals surface area contributed by atoms with Gasteiger partial charge in [0.2, 0.25) is 15.9 Å². The molecule has 19 heavy (non-hydrogen) atoms. The molecule has 0 saturated carbocycles. The van der Waals surface area contributed by atoms with Crippen LogP contribution in [-0.4, -0.2) is 42.3 Å². The van der Waals surface area contributed by atoms with Crippen molar-refractivity contribution in [2.75, 3.05) is 6.54 Å². The SMILES string of the molecule is CC(C)N(CC(N)=O)S(=O)(=O)c1csc(C(=O)O)c1. The van der Waals surface area contributed by atoms with Gasteiger partial charge in [0, 0.05) is 11.4 Å². The Balaban J connectivity index is 3.18. The van der Waals surface area contributed by atoms with Gasteiger partial charge in [-0.3, -0.25) is 4.79 Å². The lowest BCUT2D eigenvalue weighted by atomic mass is 10.4. The monoisotopic (exact) mass is 306 g/mol. The minimum absolute atomic E-state index is 0.0821. The Labute approximate surface area is 114 Å². The Morgan fingerprint density at radius 3 is 2.42 bits per heavy atom. The van der Waals surface area contributed by atoms with Crippen molar-refractivity contribution in [2.24, 2.45) is 5.73 Å². The van der Waals surface area contributed by atoms with Crippen molar-refractivity contribution in [2.45, 2.75) is 24.8 Å². The second-order valence-corrected chi connectivity index (χ2v) is 6.86. The van der Waals surface area contributed by atoms with E-state index in [0.717, 1.165) is 21.7 Å². The zero-order chi connectivity index (χ0) is 14.8. The molecule has 0 fully saturated rings. The highest BCUT2D eigenvalue weighted by Gasteiger charge is 2.29. The van der Waals surface area contributed by atoms with E-state index in [2.05, 4.69) is 0 Å². The first kappa shape index (κ1) is 15.6. The number of thiophene rings is 1. The van der Waals surface area contributed by atoms with E-state index in [1.807, 2.05) is 0 Å². The van der Waals surface area contributed by atoms with Gasteiger partial charge in [-0.15, -0.1) is 11.3 Å². The number of nitrogens with zero attached hydrogens (tertiary/aromatic N) is 1. The van der Waals surface area contributed by atoms with Crippen LogP contribution in [0.25, 0.3) is 0 Å². The van der Waals surface area contributed by atoms with Crippen molar-refractivity contribution in [1.82, 2.24) is 4.31 Å². The Morgan fingerprint density at radius 1 is 1.47 bits per heavy atom. The van der Waals surface area contributed by atoms with E-state index in [4.69, 9.17) is 10.8 Å². The molecule has 0 spiro atoms. The molecule has 0 aliphatic carbocycles. The van der Waals surface area contributed by atoms with Gasteiger partial charge in [-0.2, -0.15) is 4.31 Å². The summed E-state index contributed by atoms with van der Waals surface area (Å²) in [6.07, 6.45) is 0. The predicted octanol–water partition coefficient (Wildman–Crippen LogP) is 0.331. The number of carboxylic acids is 1. The normalized spacial score (nSPS) is 12.0. The molecule has 1 rings (SSSR count). The lowest BCUT2D eigenvalue weighted by Crippen LogP contribution is -2.42. The van der Waals surface area contributed by atoms with E-state index in [1.54, 1.807) is 13.8 Å². The molecule has 3 N–H and O–H groups in total. The first-order valence-corrected chi connectivity index (χ1v) is 7.60. The number of nitrogens with two attached hydrogens (primary N) is 1. The zero-order valence-electron chi connectivity index (χ0n) is 10.4. The largest absolute Gasteiger partial charge is 0.477 e. The summed E-state index contributed by atoms with van der Waals surface area (Å²) in [7, 11) is -3.93. The highest BCUT2D eigenvalue weighted by atomic mass is 32.2. The van der Waals surface area contributed by atoms with Gasteiger partial charge in [0.05, 0.1) is 11.4 Å². The summed E-state index contributed by atoms with van der Waals surface area (Å²) in [6.45, 7) is 2.76. The topological polar surface area (TPSA) is 118 Å². The summed E-state index contributed by atoms with van der Waals surface area (Å²) in [5.74, 6) is -1.97. The van der Waals surface area contributed by atoms with Gasteiger partial charge in [0.25, 0.3) is 0 Å². The average Bonchev–Trinajstić information content (AvgIpc) is 2.74. The predicted molar refractivity (Wildman–Crippen MR) is 69.5 cm³/mol. The number of amides is 1. The highest BCUT2D eigenvalue weighted by molar-refractivity contribution is 7.89. The molecule has 0 aliphatic rings. The summed E-state index contributed by atoms with van der Waals surface area (Å²) in [6, 6.07) is 0.601. The maximum Gasteiger partial charge on any atom is 0.345 e. The van der Waals surface area contributed by atoms with E-state index in [1.165, 1.54) is 5.38 Å². The van der Waals surface area contributed by atoms with Gasteiger partial charge >= 0.3 is 5.97 Å². The highest BCUT2D eigenvalue weighted by Crippen LogP contribution is 2.23. The molecule has 7 nitrogen and oxygen atoms in total. The molecule has 0 unspecified atom stereocenters. The van der Waals surface area contributed by atoms with Gasteiger partial charge in [0.1, 0.15) is 4.88 Å². The maximum absolute atomic E-state index is 12.3. The number of aromatic carboxylic acids is 1. The van der Waals surface area contributed by atoms with Crippen molar-refractivity contribution in [3.63, 3.8) is 0 Å². The molecular formula is C10H14N2O5S2. The molecule has 1 heterocycles.